The van der Waals surface area contributed by atoms with Crippen LogP contribution in [-0.2, 0) is 16.0 Å². The lowest BCUT2D eigenvalue weighted by Gasteiger charge is -2.09. The van der Waals surface area contributed by atoms with E-state index in [1.54, 1.807) is 0 Å². The van der Waals surface area contributed by atoms with Gasteiger partial charge in [-0.3, -0.25) is 14.9 Å². The van der Waals surface area contributed by atoms with E-state index in [0.29, 0.717) is 5.56 Å². The van der Waals surface area contributed by atoms with Crippen molar-refractivity contribution in [3.05, 3.63) is 27.8 Å². The van der Waals surface area contributed by atoms with Crippen LogP contribution < -0.4 is 9.47 Å². The van der Waals surface area contributed by atoms with Gasteiger partial charge in [-0.15, -0.1) is 0 Å². The lowest BCUT2D eigenvalue weighted by Crippen LogP contribution is -2.06. The topological polar surface area (TPSA) is 87.9 Å². The first-order valence-electron chi connectivity index (χ1n) is 4.99. The van der Waals surface area contributed by atoms with Crippen molar-refractivity contribution in [1.82, 2.24) is 0 Å². The molecule has 0 aliphatic carbocycles. The SMILES string of the molecule is COC(=O)Cc1cc(OC)c(OC)c([N+](=O)[O-])c1. The van der Waals surface area contributed by atoms with Gasteiger partial charge in [0.15, 0.2) is 5.75 Å². The monoisotopic (exact) mass is 255 g/mol. The van der Waals surface area contributed by atoms with Crippen LogP contribution in [0.1, 0.15) is 5.56 Å². The van der Waals surface area contributed by atoms with Crippen LogP contribution in [0.4, 0.5) is 5.69 Å². The Bertz CT molecular complexity index is 471. The number of rotatable bonds is 5. The molecule has 0 atom stereocenters. The zero-order valence-electron chi connectivity index (χ0n) is 10.3. The average Bonchev–Trinajstić information content (AvgIpc) is 2.37. The van der Waals surface area contributed by atoms with E-state index in [1.165, 1.54) is 33.5 Å². The van der Waals surface area contributed by atoms with Crippen LogP contribution >= 0.6 is 0 Å². The highest BCUT2D eigenvalue weighted by Gasteiger charge is 2.22. The molecule has 0 aromatic heterocycles. The fraction of sp³-hybridized carbons (Fsp3) is 0.364. The molecule has 0 bridgehead atoms. The molecule has 0 N–H and O–H groups in total. The summed E-state index contributed by atoms with van der Waals surface area (Å²) in [5.41, 5.74) is 0.168. The zero-order valence-corrected chi connectivity index (χ0v) is 10.3. The number of nitrogens with zero attached hydrogens (tertiary/aromatic N) is 1. The average molecular weight is 255 g/mol. The fourth-order valence-electron chi connectivity index (χ4n) is 1.48. The van der Waals surface area contributed by atoms with E-state index in [9.17, 15) is 14.9 Å². The maximum atomic E-state index is 11.2. The smallest absolute Gasteiger partial charge is 0.315 e. The van der Waals surface area contributed by atoms with Gasteiger partial charge in [-0.1, -0.05) is 0 Å². The highest BCUT2D eigenvalue weighted by molar-refractivity contribution is 5.73. The summed E-state index contributed by atoms with van der Waals surface area (Å²) in [6, 6.07) is 2.76. The molecule has 0 radical (unpaired) electrons. The molecule has 0 heterocycles. The van der Waals surface area contributed by atoms with Gasteiger partial charge in [0.2, 0.25) is 5.75 Å². The van der Waals surface area contributed by atoms with Gasteiger partial charge in [-0.05, 0) is 11.6 Å². The van der Waals surface area contributed by atoms with E-state index in [-0.39, 0.29) is 23.6 Å². The number of hydrogen-bond acceptors (Lipinski definition) is 6. The minimum Gasteiger partial charge on any atom is -0.493 e. The Morgan fingerprint density at radius 3 is 2.39 bits per heavy atom. The zero-order chi connectivity index (χ0) is 13.7. The van der Waals surface area contributed by atoms with Gasteiger partial charge < -0.3 is 14.2 Å². The normalized spacial score (nSPS) is 9.72. The summed E-state index contributed by atoms with van der Waals surface area (Å²) in [5, 5.41) is 10.9. The van der Waals surface area contributed by atoms with Gasteiger partial charge in [0.05, 0.1) is 32.7 Å². The van der Waals surface area contributed by atoms with Crippen molar-refractivity contribution in [2.45, 2.75) is 6.42 Å². The quantitative estimate of drug-likeness (QED) is 0.448. The highest BCUT2D eigenvalue weighted by atomic mass is 16.6. The van der Waals surface area contributed by atoms with Gasteiger partial charge in [0, 0.05) is 6.07 Å². The minimum atomic E-state index is -0.595. The lowest BCUT2D eigenvalue weighted by molar-refractivity contribution is -0.385. The number of nitro groups is 1. The second-order valence-corrected chi connectivity index (χ2v) is 3.36. The summed E-state index contributed by atoms with van der Waals surface area (Å²) < 4.78 is 14.4. The molecular formula is C11H13NO6. The molecule has 0 aliphatic heterocycles. The van der Waals surface area contributed by atoms with Crippen LogP contribution in [-0.4, -0.2) is 32.2 Å². The predicted octanol–water partition coefficient (Wildman–Crippen LogP) is 1.33. The molecular weight excluding hydrogens is 242 g/mol. The van der Waals surface area contributed by atoms with Crippen molar-refractivity contribution < 1.29 is 23.9 Å². The van der Waals surface area contributed by atoms with Gasteiger partial charge in [0.25, 0.3) is 0 Å². The Morgan fingerprint density at radius 1 is 1.28 bits per heavy atom. The molecule has 0 saturated carbocycles. The van der Waals surface area contributed by atoms with E-state index in [0.717, 1.165) is 0 Å². The molecule has 0 fully saturated rings. The second kappa shape index (κ2) is 5.85. The number of hydrogen-bond donors (Lipinski definition) is 0. The van der Waals surface area contributed by atoms with Crippen LogP contribution in [0, 0.1) is 10.1 Å². The molecule has 0 saturated heterocycles. The third-order valence-corrected chi connectivity index (χ3v) is 2.29. The van der Waals surface area contributed by atoms with Gasteiger partial charge in [-0.25, -0.2) is 0 Å². The Balaban J connectivity index is 3.27. The number of benzene rings is 1. The van der Waals surface area contributed by atoms with E-state index >= 15 is 0 Å². The number of esters is 1. The largest absolute Gasteiger partial charge is 0.493 e. The van der Waals surface area contributed by atoms with Crippen LogP contribution in [0.15, 0.2) is 12.1 Å². The van der Waals surface area contributed by atoms with Crippen LogP contribution in [0.3, 0.4) is 0 Å². The molecule has 1 aromatic carbocycles. The first-order chi connectivity index (χ1) is 8.53. The molecule has 98 valence electrons. The van der Waals surface area contributed by atoms with Crippen LogP contribution in [0.2, 0.25) is 0 Å². The number of methoxy groups -OCH3 is 3. The first kappa shape index (κ1) is 13.8. The fourth-order valence-corrected chi connectivity index (χ4v) is 1.48. The summed E-state index contributed by atoms with van der Waals surface area (Å²) >= 11 is 0. The molecule has 0 spiro atoms. The van der Waals surface area contributed by atoms with E-state index < -0.39 is 10.9 Å². The first-order valence-corrected chi connectivity index (χ1v) is 4.99. The summed E-state index contributed by atoms with van der Waals surface area (Å²) in [5.74, 6) is -0.266. The third kappa shape index (κ3) is 2.88. The maximum Gasteiger partial charge on any atom is 0.315 e. The summed E-state index contributed by atoms with van der Waals surface area (Å²) in [6.07, 6.45) is -0.0717. The molecule has 7 nitrogen and oxygen atoms in total. The van der Waals surface area contributed by atoms with Crippen LogP contribution in [0.5, 0.6) is 11.5 Å². The van der Waals surface area contributed by atoms with Crippen molar-refractivity contribution in [2.24, 2.45) is 0 Å². The summed E-state index contributed by atoms with van der Waals surface area (Å²) in [7, 11) is 3.92. The summed E-state index contributed by atoms with van der Waals surface area (Å²) in [6.45, 7) is 0. The molecule has 0 unspecified atom stereocenters. The molecule has 0 amide bonds. The number of carbonyl (C=O) groups is 1. The Labute approximate surface area is 103 Å². The third-order valence-electron chi connectivity index (χ3n) is 2.29. The second-order valence-electron chi connectivity index (χ2n) is 3.36. The number of ether oxygens (including phenoxy) is 3. The van der Waals surface area contributed by atoms with E-state index in [1.807, 2.05) is 0 Å². The van der Waals surface area contributed by atoms with Gasteiger partial charge in [-0.2, -0.15) is 0 Å². The molecule has 1 rings (SSSR count). The lowest BCUT2D eigenvalue weighted by atomic mass is 10.1. The van der Waals surface area contributed by atoms with E-state index in [2.05, 4.69) is 4.74 Å². The van der Waals surface area contributed by atoms with Crippen molar-refractivity contribution >= 4 is 11.7 Å². The summed E-state index contributed by atoms with van der Waals surface area (Å²) in [4.78, 5) is 21.5. The molecule has 18 heavy (non-hydrogen) atoms. The Kier molecular flexibility index (Phi) is 4.47. The van der Waals surface area contributed by atoms with Crippen molar-refractivity contribution in [3.8, 4) is 11.5 Å². The molecule has 1 aromatic rings. The van der Waals surface area contributed by atoms with Gasteiger partial charge >= 0.3 is 11.7 Å². The van der Waals surface area contributed by atoms with Crippen molar-refractivity contribution in [3.63, 3.8) is 0 Å². The van der Waals surface area contributed by atoms with Crippen molar-refractivity contribution in [2.75, 3.05) is 21.3 Å². The Hall–Kier alpha value is -2.31. The maximum absolute atomic E-state index is 11.2. The van der Waals surface area contributed by atoms with E-state index in [4.69, 9.17) is 9.47 Å². The van der Waals surface area contributed by atoms with Crippen LogP contribution in [0.25, 0.3) is 0 Å². The van der Waals surface area contributed by atoms with Gasteiger partial charge in [0.1, 0.15) is 0 Å². The predicted molar refractivity (Wildman–Crippen MR) is 61.9 cm³/mol. The highest BCUT2D eigenvalue weighted by Crippen LogP contribution is 2.38. The standard InChI is InChI=1S/C11H13NO6/c1-16-9-5-7(6-10(13)17-2)4-8(12(14)15)11(9)18-3/h4-5H,6H2,1-3H3. The minimum absolute atomic E-state index is 0.0242. The number of carbonyl (C=O) groups excluding carboxylic acids is 1. The number of nitro benzene ring substituents is 1. The Morgan fingerprint density at radius 2 is 1.94 bits per heavy atom. The molecule has 7 heteroatoms. The van der Waals surface area contributed by atoms with Crippen molar-refractivity contribution in [1.29, 1.82) is 0 Å². The molecule has 0 aliphatic rings.